The summed E-state index contributed by atoms with van der Waals surface area (Å²) >= 11 is 0. The smallest absolute Gasteiger partial charge is 0.272 e. The van der Waals surface area contributed by atoms with Gasteiger partial charge in [-0.3, -0.25) is 15.1 Å². The van der Waals surface area contributed by atoms with Crippen molar-refractivity contribution >= 4 is 5.69 Å². The first-order valence-corrected chi connectivity index (χ1v) is 6.54. The van der Waals surface area contributed by atoms with E-state index in [1.807, 2.05) is 18.2 Å². The summed E-state index contributed by atoms with van der Waals surface area (Å²) in [6, 6.07) is 11.0. The summed E-state index contributed by atoms with van der Waals surface area (Å²) in [5.74, 6) is 0. The van der Waals surface area contributed by atoms with Crippen molar-refractivity contribution in [3.63, 3.8) is 0 Å². The van der Waals surface area contributed by atoms with Gasteiger partial charge in [0.05, 0.1) is 4.92 Å². The molecule has 0 amide bonds. The van der Waals surface area contributed by atoms with Crippen molar-refractivity contribution in [1.29, 1.82) is 0 Å². The molecule has 2 aromatic rings. The predicted molar refractivity (Wildman–Crippen MR) is 77.5 cm³/mol. The molecule has 0 saturated heterocycles. The average Bonchev–Trinajstić information content (AvgIpc) is 2.48. The van der Waals surface area contributed by atoms with Crippen LogP contribution in [0, 0.1) is 10.1 Å². The second kappa shape index (κ2) is 6.77. The van der Waals surface area contributed by atoms with Gasteiger partial charge in [0.2, 0.25) is 0 Å². The molecule has 1 atom stereocenters. The van der Waals surface area contributed by atoms with Gasteiger partial charge >= 0.3 is 0 Å². The molecule has 104 valence electrons. The Balaban J connectivity index is 1.92. The molecule has 5 nitrogen and oxygen atoms in total. The van der Waals surface area contributed by atoms with Crippen LogP contribution >= 0.6 is 0 Å². The van der Waals surface area contributed by atoms with Crippen LogP contribution in [0.15, 0.2) is 48.8 Å². The van der Waals surface area contributed by atoms with Gasteiger partial charge in [-0.25, -0.2) is 0 Å². The lowest BCUT2D eigenvalue weighted by Crippen LogP contribution is -2.21. The maximum atomic E-state index is 10.9. The lowest BCUT2D eigenvalue weighted by Gasteiger charge is -2.13. The number of nitro benzene ring substituents is 1. The Morgan fingerprint density at radius 3 is 2.65 bits per heavy atom. The molecule has 20 heavy (non-hydrogen) atoms. The monoisotopic (exact) mass is 271 g/mol. The van der Waals surface area contributed by atoms with Crippen LogP contribution in [0.5, 0.6) is 0 Å². The van der Waals surface area contributed by atoms with Crippen LogP contribution in [-0.2, 0) is 6.42 Å². The zero-order chi connectivity index (χ0) is 14.4. The summed E-state index contributed by atoms with van der Waals surface area (Å²) in [4.78, 5) is 14.6. The molecular formula is C15H17N3O2. The SMILES string of the molecule is C[C@H](NCCc1ccccc1[N+](=O)[O-])c1ccncc1. The van der Waals surface area contributed by atoms with E-state index in [1.165, 1.54) is 0 Å². The predicted octanol–water partition coefficient (Wildman–Crippen LogP) is 2.88. The van der Waals surface area contributed by atoms with E-state index in [1.54, 1.807) is 30.6 Å². The molecule has 1 aromatic carbocycles. The number of benzene rings is 1. The third-order valence-corrected chi connectivity index (χ3v) is 3.24. The fraction of sp³-hybridized carbons (Fsp3) is 0.267. The van der Waals surface area contributed by atoms with E-state index in [0.717, 1.165) is 11.1 Å². The second-order valence-electron chi connectivity index (χ2n) is 4.59. The molecule has 0 unspecified atom stereocenters. The van der Waals surface area contributed by atoms with Crippen LogP contribution in [0.3, 0.4) is 0 Å². The molecule has 2 rings (SSSR count). The number of nitrogens with one attached hydrogen (secondary N) is 1. The van der Waals surface area contributed by atoms with E-state index in [9.17, 15) is 10.1 Å². The van der Waals surface area contributed by atoms with E-state index in [2.05, 4.69) is 17.2 Å². The van der Waals surface area contributed by atoms with Gasteiger partial charge in [0.15, 0.2) is 0 Å². The van der Waals surface area contributed by atoms with Crippen LogP contribution < -0.4 is 5.32 Å². The zero-order valence-electron chi connectivity index (χ0n) is 11.3. The van der Waals surface area contributed by atoms with E-state index in [0.29, 0.717) is 13.0 Å². The zero-order valence-corrected chi connectivity index (χ0v) is 11.3. The molecule has 1 heterocycles. The van der Waals surface area contributed by atoms with Gasteiger partial charge in [-0.2, -0.15) is 0 Å². The number of pyridine rings is 1. The molecule has 1 aromatic heterocycles. The number of nitro groups is 1. The normalized spacial score (nSPS) is 12.1. The Labute approximate surface area is 117 Å². The third kappa shape index (κ3) is 3.61. The van der Waals surface area contributed by atoms with E-state index in [4.69, 9.17) is 0 Å². The van der Waals surface area contributed by atoms with Crippen LogP contribution in [0.1, 0.15) is 24.1 Å². The standard InChI is InChI=1S/C15H17N3O2/c1-12(13-6-9-16-10-7-13)17-11-8-14-4-2-3-5-15(14)18(19)20/h2-7,9-10,12,17H,8,11H2,1H3/t12-/m0/s1. The van der Waals surface area contributed by atoms with Crippen molar-refractivity contribution in [2.24, 2.45) is 0 Å². The molecule has 0 aliphatic rings. The Kier molecular flexibility index (Phi) is 4.79. The lowest BCUT2D eigenvalue weighted by atomic mass is 10.1. The molecule has 0 saturated carbocycles. The Hall–Kier alpha value is -2.27. The molecule has 0 spiro atoms. The highest BCUT2D eigenvalue weighted by Crippen LogP contribution is 2.18. The lowest BCUT2D eigenvalue weighted by molar-refractivity contribution is -0.385. The van der Waals surface area contributed by atoms with Gasteiger partial charge < -0.3 is 5.32 Å². The van der Waals surface area contributed by atoms with Crippen LogP contribution in [-0.4, -0.2) is 16.5 Å². The summed E-state index contributed by atoms with van der Waals surface area (Å²) in [5.41, 5.74) is 2.10. The Morgan fingerprint density at radius 1 is 1.25 bits per heavy atom. The van der Waals surface area contributed by atoms with Gasteiger partial charge in [0.25, 0.3) is 5.69 Å². The fourth-order valence-corrected chi connectivity index (χ4v) is 2.09. The van der Waals surface area contributed by atoms with Gasteiger partial charge in [-0.05, 0) is 37.6 Å². The first-order chi connectivity index (χ1) is 9.68. The molecule has 0 aliphatic heterocycles. The van der Waals surface area contributed by atoms with Crippen molar-refractivity contribution in [2.75, 3.05) is 6.54 Å². The van der Waals surface area contributed by atoms with Crippen LogP contribution in [0.2, 0.25) is 0 Å². The van der Waals surface area contributed by atoms with Gasteiger partial charge in [-0.15, -0.1) is 0 Å². The quantitative estimate of drug-likeness (QED) is 0.648. The first-order valence-electron chi connectivity index (χ1n) is 6.54. The van der Waals surface area contributed by atoms with Gasteiger partial charge in [0, 0.05) is 30.1 Å². The third-order valence-electron chi connectivity index (χ3n) is 3.24. The highest BCUT2D eigenvalue weighted by molar-refractivity contribution is 5.39. The minimum atomic E-state index is -0.332. The number of nitrogens with zero attached hydrogens (tertiary/aromatic N) is 2. The Bertz CT molecular complexity index is 572. The largest absolute Gasteiger partial charge is 0.310 e. The summed E-state index contributed by atoms with van der Waals surface area (Å²) in [7, 11) is 0. The number of aromatic nitrogens is 1. The maximum Gasteiger partial charge on any atom is 0.272 e. The second-order valence-corrected chi connectivity index (χ2v) is 4.59. The highest BCUT2D eigenvalue weighted by Gasteiger charge is 2.12. The minimum Gasteiger partial charge on any atom is -0.310 e. The number of rotatable bonds is 6. The fourth-order valence-electron chi connectivity index (χ4n) is 2.09. The number of hydrogen-bond acceptors (Lipinski definition) is 4. The molecular weight excluding hydrogens is 254 g/mol. The highest BCUT2D eigenvalue weighted by atomic mass is 16.6. The molecule has 0 radical (unpaired) electrons. The molecule has 1 N–H and O–H groups in total. The topological polar surface area (TPSA) is 68.1 Å². The van der Waals surface area contributed by atoms with Crippen molar-refractivity contribution in [3.05, 3.63) is 70.0 Å². The van der Waals surface area contributed by atoms with Crippen LogP contribution in [0.4, 0.5) is 5.69 Å². The maximum absolute atomic E-state index is 10.9. The number of para-hydroxylation sites is 1. The summed E-state index contributed by atoms with van der Waals surface area (Å²) in [6.45, 7) is 2.75. The van der Waals surface area contributed by atoms with Crippen molar-refractivity contribution in [3.8, 4) is 0 Å². The summed E-state index contributed by atoms with van der Waals surface area (Å²) < 4.78 is 0. The Morgan fingerprint density at radius 2 is 1.95 bits per heavy atom. The van der Waals surface area contributed by atoms with Crippen molar-refractivity contribution in [1.82, 2.24) is 10.3 Å². The summed E-state index contributed by atoms with van der Waals surface area (Å²) in [6.07, 6.45) is 4.15. The van der Waals surface area contributed by atoms with Crippen molar-refractivity contribution < 1.29 is 4.92 Å². The molecule has 0 bridgehead atoms. The van der Waals surface area contributed by atoms with Crippen molar-refractivity contribution in [2.45, 2.75) is 19.4 Å². The van der Waals surface area contributed by atoms with E-state index < -0.39 is 0 Å². The minimum absolute atomic E-state index is 0.186. The summed E-state index contributed by atoms with van der Waals surface area (Å²) in [5, 5.41) is 14.3. The van der Waals surface area contributed by atoms with E-state index >= 15 is 0 Å². The number of hydrogen-bond donors (Lipinski definition) is 1. The van der Waals surface area contributed by atoms with Gasteiger partial charge in [-0.1, -0.05) is 18.2 Å². The van der Waals surface area contributed by atoms with Crippen LogP contribution in [0.25, 0.3) is 0 Å². The first kappa shape index (κ1) is 14.1. The average molecular weight is 271 g/mol. The van der Waals surface area contributed by atoms with Gasteiger partial charge in [0.1, 0.15) is 0 Å². The van der Waals surface area contributed by atoms with E-state index in [-0.39, 0.29) is 16.7 Å². The molecule has 5 heteroatoms. The molecule has 0 fully saturated rings. The molecule has 0 aliphatic carbocycles.